The molecule has 0 aromatic carbocycles. The van der Waals surface area contributed by atoms with Crippen molar-refractivity contribution in [2.45, 2.75) is 32.4 Å². The van der Waals surface area contributed by atoms with Crippen molar-refractivity contribution in [2.24, 2.45) is 5.73 Å². The number of piperazine rings is 1. The lowest BCUT2D eigenvalue weighted by Gasteiger charge is -2.38. The van der Waals surface area contributed by atoms with Gasteiger partial charge in [-0.15, -0.1) is 0 Å². The van der Waals surface area contributed by atoms with Crippen molar-refractivity contribution >= 4 is 5.91 Å². The molecule has 0 aromatic heterocycles. The molecule has 17 heavy (non-hydrogen) atoms. The Morgan fingerprint density at radius 2 is 1.94 bits per heavy atom. The zero-order valence-corrected chi connectivity index (χ0v) is 11.2. The summed E-state index contributed by atoms with van der Waals surface area (Å²) in [6.07, 6.45) is 1.15. The van der Waals surface area contributed by atoms with Crippen LogP contribution in [0, 0.1) is 0 Å². The highest BCUT2D eigenvalue weighted by Crippen LogP contribution is 2.09. The third-order valence-electron chi connectivity index (χ3n) is 3.50. The van der Waals surface area contributed by atoms with Gasteiger partial charge in [0.05, 0.1) is 6.61 Å². The smallest absolute Gasteiger partial charge is 0.241 e. The largest absolute Gasteiger partial charge is 0.383 e. The van der Waals surface area contributed by atoms with Crippen LogP contribution in [0.3, 0.4) is 0 Å². The summed E-state index contributed by atoms with van der Waals surface area (Å²) in [5, 5.41) is 0. The zero-order chi connectivity index (χ0) is 12.8. The minimum atomic E-state index is -0.518. The molecule has 2 unspecified atom stereocenters. The van der Waals surface area contributed by atoms with Crippen molar-refractivity contribution < 1.29 is 9.53 Å². The molecule has 1 aliphatic heterocycles. The van der Waals surface area contributed by atoms with Gasteiger partial charge in [-0.2, -0.15) is 0 Å². The van der Waals surface area contributed by atoms with Crippen LogP contribution in [0.5, 0.6) is 0 Å². The summed E-state index contributed by atoms with van der Waals surface area (Å²) in [5.41, 5.74) is 5.75. The number of nitrogens with zero attached hydrogens (tertiary/aromatic N) is 2. The van der Waals surface area contributed by atoms with Gasteiger partial charge in [0.15, 0.2) is 0 Å². The van der Waals surface area contributed by atoms with Crippen molar-refractivity contribution in [3.63, 3.8) is 0 Å². The van der Waals surface area contributed by atoms with E-state index < -0.39 is 6.04 Å². The number of hydrogen-bond acceptors (Lipinski definition) is 4. The molecule has 2 atom stereocenters. The normalized spacial score (nSPS) is 21.3. The number of methoxy groups -OCH3 is 1. The predicted molar refractivity (Wildman–Crippen MR) is 67.8 cm³/mol. The molecular weight excluding hydrogens is 218 g/mol. The van der Waals surface area contributed by atoms with Crippen LogP contribution < -0.4 is 5.73 Å². The molecule has 5 heteroatoms. The van der Waals surface area contributed by atoms with Gasteiger partial charge >= 0.3 is 0 Å². The Morgan fingerprint density at radius 3 is 2.41 bits per heavy atom. The van der Waals surface area contributed by atoms with Gasteiger partial charge in [0.2, 0.25) is 5.91 Å². The van der Waals surface area contributed by atoms with Crippen LogP contribution >= 0.6 is 0 Å². The van der Waals surface area contributed by atoms with Gasteiger partial charge in [0.1, 0.15) is 6.04 Å². The first-order chi connectivity index (χ1) is 8.10. The highest BCUT2D eigenvalue weighted by atomic mass is 16.5. The van der Waals surface area contributed by atoms with Crippen molar-refractivity contribution in [3.05, 3.63) is 0 Å². The Hall–Kier alpha value is -0.650. The van der Waals surface area contributed by atoms with Crippen LogP contribution in [0.4, 0.5) is 0 Å². The highest BCUT2D eigenvalue weighted by Gasteiger charge is 2.26. The van der Waals surface area contributed by atoms with Gasteiger partial charge < -0.3 is 15.4 Å². The molecule has 2 N–H and O–H groups in total. The Balaban J connectivity index is 2.38. The number of hydrogen-bond donors (Lipinski definition) is 1. The van der Waals surface area contributed by atoms with Crippen LogP contribution in [-0.2, 0) is 9.53 Å². The fourth-order valence-corrected chi connectivity index (χ4v) is 2.13. The molecule has 0 bridgehead atoms. The predicted octanol–water partition coefficient (Wildman–Crippen LogP) is -0.0972. The second kappa shape index (κ2) is 6.93. The number of rotatable bonds is 5. The lowest BCUT2D eigenvalue weighted by molar-refractivity contribution is -0.135. The molecule has 1 saturated heterocycles. The van der Waals surface area contributed by atoms with E-state index >= 15 is 0 Å². The molecule has 5 nitrogen and oxygen atoms in total. The van der Waals surface area contributed by atoms with Crippen molar-refractivity contribution in [3.8, 4) is 0 Å². The Labute approximate surface area is 104 Å². The van der Waals surface area contributed by atoms with E-state index in [-0.39, 0.29) is 5.91 Å². The van der Waals surface area contributed by atoms with E-state index in [9.17, 15) is 4.79 Å². The molecule has 1 heterocycles. The molecule has 0 aliphatic carbocycles. The molecular formula is C12H25N3O2. The summed E-state index contributed by atoms with van der Waals surface area (Å²) in [5.74, 6) is 0.00986. The van der Waals surface area contributed by atoms with E-state index in [1.54, 1.807) is 7.11 Å². The van der Waals surface area contributed by atoms with Crippen molar-refractivity contribution in [1.82, 2.24) is 9.80 Å². The van der Waals surface area contributed by atoms with E-state index in [1.165, 1.54) is 0 Å². The molecule has 1 amide bonds. The highest BCUT2D eigenvalue weighted by molar-refractivity contribution is 5.81. The van der Waals surface area contributed by atoms with E-state index in [1.807, 2.05) is 4.90 Å². The average Bonchev–Trinajstić information content (AvgIpc) is 2.37. The third kappa shape index (κ3) is 3.94. The second-order valence-electron chi connectivity index (χ2n) is 4.68. The molecule has 0 saturated carbocycles. The topological polar surface area (TPSA) is 58.8 Å². The fraction of sp³-hybridized carbons (Fsp3) is 0.917. The zero-order valence-electron chi connectivity index (χ0n) is 11.2. The van der Waals surface area contributed by atoms with Crippen molar-refractivity contribution in [2.75, 3.05) is 39.9 Å². The SMILES string of the molecule is CCC(C)N1CCN(C(=O)C(N)COC)CC1. The van der Waals surface area contributed by atoms with Gasteiger partial charge in [-0.3, -0.25) is 9.69 Å². The number of carbonyl (C=O) groups is 1. The van der Waals surface area contributed by atoms with Gasteiger partial charge in [0, 0.05) is 39.3 Å². The first-order valence-corrected chi connectivity index (χ1v) is 6.37. The number of nitrogens with two attached hydrogens (primary N) is 1. The molecule has 0 spiro atoms. The van der Waals surface area contributed by atoms with Crippen LogP contribution in [0.1, 0.15) is 20.3 Å². The van der Waals surface area contributed by atoms with E-state index in [2.05, 4.69) is 18.7 Å². The maximum Gasteiger partial charge on any atom is 0.241 e. The van der Waals surface area contributed by atoms with Gasteiger partial charge in [-0.1, -0.05) is 6.92 Å². The standard InChI is InChI=1S/C12H25N3O2/c1-4-10(2)14-5-7-15(8-6-14)12(16)11(13)9-17-3/h10-11H,4-9,13H2,1-3H3. The monoisotopic (exact) mass is 243 g/mol. The maximum absolute atomic E-state index is 11.9. The molecule has 1 fully saturated rings. The molecule has 0 aromatic rings. The van der Waals surface area contributed by atoms with Crippen LogP contribution in [-0.4, -0.2) is 67.7 Å². The Kier molecular flexibility index (Phi) is 5.88. The molecule has 1 rings (SSSR count). The number of carbonyl (C=O) groups excluding carboxylic acids is 1. The number of ether oxygens (including phenoxy) is 1. The van der Waals surface area contributed by atoms with Crippen LogP contribution in [0.2, 0.25) is 0 Å². The van der Waals surface area contributed by atoms with Gasteiger partial charge in [-0.05, 0) is 13.3 Å². The quantitative estimate of drug-likeness (QED) is 0.733. The summed E-state index contributed by atoms with van der Waals surface area (Å²) >= 11 is 0. The fourth-order valence-electron chi connectivity index (χ4n) is 2.13. The number of amides is 1. The van der Waals surface area contributed by atoms with E-state index in [4.69, 9.17) is 10.5 Å². The van der Waals surface area contributed by atoms with Crippen LogP contribution in [0.25, 0.3) is 0 Å². The summed E-state index contributed by atoms with van der Waals surface area (Å²) in [4.78, 5) is 16.2. The first kappa shape index (κ1) is 14.4. The second-order valence-corrected chi connectivity index (χ2v) is 4.68. The Bertz CT molecular complexity index is 240. The lowest BCUT2D eigenvalue weighted by atomic mass is 10.1. The van der Waals surface area contributed by atoms with Crippen LogP contribution in [0.15, 0.2) is 0 Å². The first-order valence-electron chi connectivity index (χ1n) is 6.37. The minimum Gasteiger partial charge on any atom is -0.383 e. The summed E-state index contributed by atoms with van der Waals surface area (Å²) in [7, 11) is 1.56. The molecule has 100 valence electrons. The maximum atomic E-state index is 11.9. The third-order valence-corrected chi connectivity index (χ3v) is 3.50. The minimum absolute atomic E-state index is 0.00986. The van der Waals surface area contributed by atoms with E-state index in [0.29, 0.717) is 12.6 Å². The lowest BCUT2D eigenvalue weighted by Crippen LogP contribution is -2.55. The average molecular weight is 243 g/mol. The van der Waals surface area contributed by atoms with E-state index in [0.717, 1.165) is 32.6 Å². The van der Waals surface area contributed by atoms with Gasteiger partial charge in [-0.25, -0.2) is 0 Å². The summed E-state index contributed by atoms with van der Waals surface area (Å²) < 4.78 is 4.91. The summed E-state index contributed by atoms with van der Waals surface area (Å²) in [6.45, 7) is 8.16. The van der Waals surface area contributed by atoms with Gasteiger partial charge in [0.25, 0.3) is 0 Å². The molecule has 0 radical (unpaired) electrons. The Morgan fingerprint density at radius 1 is 1.35 bits per heavy atom. The van der Waals surface area contributed by atoms with Crippen molar-refractivity contribution in [1.29, 1.82) is 0 Å². The summed E-state index contributed by atoms with van der Waals surface area (Å²) in [6, 6.07) is 0.0787. The molecule has 1 aliphatic rings.